The normalized spacial score (nSPS) is 10.7. The first kappa shape index (κ1) is 21.3. The minimum Gasteiger partial charge on any atom is -0.367 e. The van der Waals surface area contributed by atoms with Crippen LogP contribution in [0.25, 0.3) is 10.9 Å². The average molecular weight is 428 g/mol. The van der Waals surface area contributed by atoms with Crippen molar-refractivity contribution in [2.24, 2.45) is 0 Å². The standard InChI is InChI=1S/C25H25N5O2/c1-26-25-29-22-10-6-5-9-21(22)24(30-25)27-15-18-11-13-20(14-12-18)28-23(31)17-32-16-19-7-3-2-4-8-19/h2-14H,15-17H2,1H3,(H,28,31)(H2,26,27,29,30). The van der Waals surface area contributed by atoms with E-state index < -0.39 is 0 Å². The molecule has 4 rings (SSSR count). The van der Waals surface area contributed by atoms with Gasteiger partial charge in [0.05, 0.1) is 12.1 Å². The number of carbonyl (C=O) groups excluding carboxylic acids is 1. The Morgan fingerprint density at radius 3 is 2.41 bits per heavy atom. The molecule has 0 aliphatic carbocycles. The van der Waals surface area contributed by atoms with Crippen molar-refractivity contribution >= 4 is 34.3 Å². The van der Waals surface area contributed by atoms with Crippen LogP contribution in [0.5, 0.6) is 0 Å². The predicted molar refractivity (Wildman–Crippen MR) is 128 cm³/mol. The summed E-state index contributed by atoms with van der Waals surface area (Å²) in [5.74, 6) is 1.16. The Bertz CT molecular complexity index is 1180. The number of fused-ring (bicyclic) bond motifs is 1. The molecule has 3 N–H and O–H groups in total. The summed E-state index contributed by atoms with van der Waals surface area (Å²) in [5, 5.41) is 10.2. The van der Waals surface area contributed by atoms with Gasteiger partial charge in [0.15, 0.2) is 0 Å². The van der Waals surface area contributed by atoms with E-state index in [9.17, 15) is 4.79 Å². The molecule has 0 atom stereocenters. The molecule has 0 unspecified atom stereocenters. The number of nitrogens with zero attached hydrogens (tertiary/aromatic N) is 2. The first-order valence-corrected chi connectivity index (χ1v) is 10.4. The van der Waals surface area contributed by atoms with Crippen molar-refractivity contribution in [1.29, 1.82) is 0 Å². The van der Waals surface area contributed by atoms with Crippen LogP contribution in [-0.2, 0) is 22.7 Å². The number of rotatable bonds is 9. The molecular weight excluding hydrogens is 402 g/mol. The van der Waals surface area contributed by atoms with Crippen molar-refractivity contribution in [3.8, 4) is 0 Å². The van der Waals surface area contributed by atoms with E-state index in [1.54, 1.807) is 7.05 Å². The highest BCUT2D eigenvalue weighted by Gasteiger charge is 2.07. The van der Waals surface area contributed by atoms with E-state index in [4.69, 9.17) is 4.74 Å². The van der Waals surface area contributed by atoms with Crippen LogP contribution in [0.15, 0.2) is 78.9 Å². The fourth-order valence-corrected chi connectivity index (χ4v) is 3.25. The first-order chi connectivity index (χ1) is 15.7. The van der Waals surface area contributed by atoms with Gasteiger partial charge in [0.25, 0.3) is 0 Å². The van der Waals surface area contributed by atoms with Crippen molar-refractivity contribution < 1.29 is 9.53 Å². The summed E-state index contributed by atoms with van der Waals surface area (Å²) in [7, 11) is 1.80. The van der Waals surface area contributed by atoms with Gasteiger partial charge >= 0.3 is 0 Å². The van der Waals surface area contributed by atoms with Crippen LogP contribution in [0, 0.1) is 0 Å². The van der Waals surface area contributed by atoms with E-state index in [0.717, 1.165) is 33.5 Å². The van der Waals surface area contributed by atoms with E-state index in [-0.39, 0.29) is 12.5 Å². The van der Waals surface area contributed by atoms with Crippen molar-refractivity contribution in [3.63, 3.8) is 0 Å². The van der Waals surface area contributed by atoms with Crippen LogP contribution in [0.4, 0.5) is 17.5 Å². The third kappa shape index (κ3) is 5.59. The number of para-hydroxylation sites is 1. The number of aromatic nitrogens is 2. The second-order valence-electron chi connectivity index (χ2n) is 7.24. The highest BCUT2D eigenvalue weighted by Crippen LogP contribution is 2.22. The Labute approximate surface area is 186 Å². The molecule has 7 heteroatoms. The maximum atomic E-state index is 12.1. The lowest BCUT2D eigenvalue weighted by atomic mass is 10.2. The van der Waals surface area contributed by atoms with E-state index in [1.165, 1.54) is 0 Å². The fourth-order valence-electron chi connectivity index (χ4n) is 3.25. The molecule has 0 saturated heterocycles. The van der Waals surface area contributed by atoms with Crippen LogP contribution < -0.4 is 16.0 Å². The molecule has 1 amide bonds. The second-order valence-corrected chi connectivity index (χ2v) is 7.24. The number of anilines is 3. The van der Waals surface area contributed by atoms with Crippen molar-refractivity contribution in [3.05, 3.63) is 90.0 Å². The Kier molecular flexibility index (Phi) is 6.89. The molecule has 0 radical (unpaired) electrons. The SMILES string of the molecule is CNc1nc(NCc2ccc(NC(=O)COCc3ccccc3)cc2)c2ccccc2n1. The van der Waals surface area contributed by atoms with Crippen molar-refractivity contribution in [2.75, 3.05) is 29.6 Å². The lowest BCUT2D eigenvalue weighted by Crippen LogP contribution is -2.18. The molecule has 4 aromatic rings. The van der Waals surface area contributed by atoms with E-state index in [0.29, 0.717) is 19.1 Å². The van der Waals surface area contributed by atoms with E-state index in [1.807, 2.05) is 78.9 Å². The van der Waals surface area contributed by atoms with Gasteiger partial charge in [-0.3, -0.25) is 4.79 Å². The summed E-state index contributed by atoms with van der Waals surface area (Å²) >= 11 is 0. The zero-order valence-electron chi connectivity index (χ0n) is 17.8. The largest absolute Gasteiger partial charge is 0.367 e. The smallest absolute Gasteiger partial charge is 0.250 e. The number of benzene rings is 3. The minimum absolute atomic E-state index is 0.00673. The molecule has 1 aromatic heterocycles. The Balaban J connectivity index is 1.30. The number of carbonyl (C=O) groups is 1. The summed E-state index contributed by atoms with van der Waals surface area (Å²) in [4.78, 5) is 21.1. The first-order valence-electron chi connectivity index (χ1n) is 10.4. The number of hydrogen-bond donors (Lipinski definition) is 3. The van der Waals surface area contributed by atoms with Gasteiger partial charge in [-0.05, 0) is 35.4 Å². The van der Waals surface area contributed by atoms with Crippen molar-refractivity contribution in [2.45, 2.75) is 13.2 Å². The number of nitrogens with one attached hydrogen (secondary N) is 3. The quantitative estimate of drug-likeness (QED) is 0.366. The lowest BCUT2D eigenvalue weighted by molar-refractivity contribution is -0.121. The maximum Gasteiger partial charge on any atom is 0.250 e. The molecule has 32 heavy (non-hydrogen) atoms. The molecular formula is C25H25N5O2. The van der Waals surface area contributed by atoms with Gasteiger partial charge in [0.2, 0.25) is 11.9 Å². The fraction of sp³-hybridized carbons (Fsp3) is 0.160. The summed E-state index contributed by atoms with van der Waals surface area (Å²) in [6.45, 7) is 1.01. The van der Waals surface area contributed by atoms with Gasteiger partial charge in [-0.2, -0.15) is 4.98 Å². The van der Waals surface area contributed by atoms with Crippen LogP contribution in [0.1, 0.15) is 11.1 Å². The number of ether oxygens (including phenoxy) is 1. The zero-order chi connectivity index (χ0) is 22.2. The Morgan fingerprint density at radius 2 is 1.62 bits per heavy atom. The minimum atomic E-state index is -0.182. The molecule has 0 aliphatic rings. The maximum absolute atomic E-state index is 12.1. The molecule has 0 saturated carbocycles. The molecule has 1 heterocycles. The Morgan fingerprint density at radius 1 is 0.875 bits per heavy atom. The molecule has 0 aliphatic heterocycles. The summed E-state index contributed by atoms with van der Waals surface area (Å²) in [6, 6.07) is 25.4. The molecule has 0 fully saturated rings. The third-order valence-electron chi connectivity index (χ3n) is 4.87. The molecule has 3 aromatic carbocycles. The number of hydrogen-bond acceptors (Lipinski definition) is 6. The van der Waals surface area contributed by atoms with Gasteiger partial charge in [-0.1, -0.05) is 54.6 Å². The zero-order valence-corrected chi connectivity index (χ0v) is 17.8. The van der Waals surface area contributed by atoms with Gasteiger partial charge in [0.1, 0.15) is 12.4 Å². The predicted octanol–water partition coefficient (Wildman–Crippen LogP) is 4.44. The van der Waals surface area contributed by atoms with Gasteiger partial charge < -0.3 is 20.7 Å². The van der Waals surface area contributed by atoms with Crippen LogP contribution in [0.3, 0.4) is 0 Å². The summed E-state index contributed by atoms with van der Waals surface area (Å²) in [5.41, 5.74) is 3.71. The van der Waals surface area contributed by atoms with E-state index >= 15 is 0 Å². The van der Waals surface area contributed by atoms with Crippen LogP contribution in [0.2, 0.25) is 0 Å². The van der Waals surface area contributed by atoms with E-state index in [2.05, 4.69) is 25.9 Å². The van der Waals surface area contributed by atoms with Gasteiger partial charge in [-0.15, -0.1) is 0 Å². The van der Waals surface area contributed by atoms with Crippen LogP contribution in [-0.4, -0.2) is 29.5 Å². The Hall–Kier alpha value is -3.97. The molecule has 0 spiro atoms. The van der Waals surface area contributed by atoms with Crippen molar-refractivity contribution in [1.82, 2.24) is 9.97 Å². The monoisotopic (exact) mass is 427 g/mol. The highest BCUT2D eigenvalue weighted by atomic mass is 16.5. The lowest BCUT2D eigenvalue weighted by Gasteiger charge is -2.11. The highest BCUT2D eigenvalue weighted by molar-refractivity contribution is 5.92. The molecule has 7 nitrogen and oxygen atoms in total. The molecule has 162 valence electrons. The van der Waals surface area contributed by atoms with Gasteiger partial charge in [-0.25, -0.2) is 4.98 Å². The van der Waals surface area contributed by atoms with Gasteiger partial charge in [0, 0.05) is 24.7 Å². The summed E-state index contributed by atoms with van der Waals surface area (Å²) < 4.78 is 5.48. The average Bonchev–Trinajstić information content (AvgIpc) is 2.84. The third-order valence-corrected chi connectivity index (χ3v) is 4.87. The summed E-state index contributed by atoms with van der Waals surface area (Å²) in [6.07, 6.45) is 0. The second kappa shape index (κ2) is 10.4. The topological polar surface area (TPSA) is 88.2 Å². The van der Waals surface area contributed by atoms with Crippen LogP contribution >= 0.6 is 0 Å². The number of amides is 1. The molecule has 0 bridgehead atoms.